The second-order valence-electron chi connectivity index (χ2n) is 4.88. The molecule has 1 aliphatic carbocycles. The number of hydrogen-bond acceptors (Lipinski definition) is 3. The van der Waals surface area contributed by atoms with Gasteiger partial charge in [0.25, 0.3) is 0 Å². The van der Waals surface area contributed by atoms with E-state index >= 15 is 0 Å². The Morgan fingerprint density at radius 2 is 2.17 bits per heavy atom. The summed E-state index contributed by atoms with van der Waals surface area (Å²) in [5, 5.41) is 11.9. The van der Waals surface area contributed by atoms with Gasteiger partial charge in [-0.3, -0.25) is 0 Å². The van der Waals surface area contributed by atoms with Crippen LogP contribution in [0.3, 0.4) is 0 Å². The van der Waals surface area contributed by atoms with Crippen molar-refractivity contribution in [1.29, 1.82) is 0 Å². The maximum atomic E-state index is 11.9. The van der Waals surface area contributed by atoms with E-state index < -0.39 is 12.0 Å². The van der Waals surface area contributed by atoms with Gasteiger partial charge in [0.1, 0.15) is 6.04 Å². The Balaban J connectivity index is 1.77. The summed E-state index contributed by atoms with van der Waals surface area (Å²) in [4.78, 5) is 24.3. The van der Waals surface area contributed by atoms with Gasteiger partial charge in [-0.25, -0.2) is 9.59 Å². The van der Waals surface area contributed by atoms with E-state index in [-0.39, 0.29) is 18.2 Å². The number of carbonyl (C=O) groups excluding carboxylic acids is 1. The molecule has 0 radical (unpaired) electrons. The van der Waals surface area contributed by atoms with Crippen LogP contribution in [-0.4, -0.2) is 53.3 Å². The molecule has 2 fully saturated rings. The minimum atomic E-state index is -0.913. The zero-order chi connectivity index (χ0) is 13.1. The van der Waals surface area contributed by atoms with Crippen molar-refractivity contribution in [1.82, 2.24) is 10.2 Å². The molecule has 1 heterocycles. The predicted molar refractivity (Wildman–Crippen MR) is 64.3 cm³/mol. The lowest BCUT2D eigenvalue weighted by molar-refractivity contribution is -0.141. The molecule has 0 aromatic rings. The SMILES string of the molecule is CCOC1CC(NC(=O)N2CCC[C@H]2C(=O)O)C1. The third-order valence-electron chi connectivity index (χ3n) is 3.62. The number of likely N-dealkylation sites (tertiary alicyclic amines) is 1. The van der Waals surface area contributed by atoms with Crippen LogP contribution in [0.1, 0.15) is 32.6 Å². The highest BCUT2D eigenvalue weighted by molar-refractivity contribution is 5.83. The zero-order valence-electron chi connectivity index (χ0n) is 10.6. The third-order valence-corrected chi connectivity index (χ3v) is 3.62. The molecule has 6 heteroatoms. The highest BCUT2D eigenvalue weighted by atomic mass is 16.5. The van der Waals surface area contributed by atoms with Gasteiger partial charge in [-0.1, -0.05) is 0 Å². The second kappa shape index (κ2) is 5.56. The van der Waals surface area contributed by atoms with Crippen molar-refractivity contribution in [2.24, 2.45) is 0 Å². The van der Waals surface area contributed by atoms with E-state index in [2.05, 4.69) is 5.32 Å². The molecule has 0 bridgehead atoms. The van der Waals surface area contributed by atoms with E-state index in [4.69, 9.17) is 9.84 Å². The molecule has 2 aliphatic rings. The van der Waals surface area contributed by atoms with E-state index in [9.17, 15) is 9.59 Å². The molecule has 18 heavy (non-hydrogen) atoms. The van der Waals surface area contributed by atoms with Gasteiger partial charge in [-0.15, -0.1) is 0 Å². The third kappa shape index (κ3) is 2.75. The summed E-state index contributed by atoms with van der Waals surface area (Å²) in [7, 11) is 0. The van der Waals surface area contributed by atoms with Gasteiger partial charge in [-0.05, 0) is 32.6 Å². The fourth-order valence-electron chi connectivity index (χ4n) is 2.58. The fourth-order valence-corrected chi connectivity index (χ4v) is 2.58. The summed E-state index contributed by atoms with van der Waals surface area (Å²) in [6.07, 6.45) is 3.20. The minimum Gasteiger partial charge on any atom is -0.480 e. The monoisotopic (exact) mass is 256 g/mol. The van der Waals surface area contributed by atoms with Crippen molar-refractivity contribution in [3.05, 3.63) is 0 Å². The maximum absolute atomic E-state index is 11.9. The molecule has 0 spiro atoms. The molecule has 2 N–H and O–H groups in total. The number of carbonyl (C=O) groups is 2. The van der Waals surface area contributed by atoms with Crippen LogP contribution in [0.2, 0.25) is 0 Å². The van der Waals surface area contributed by atoms with E-state index in [1.165, 1.54) is 4.90 Å². The van der Waals surface area contributed by atoms with Gasteiger partial charge < -0.3 is 20.1 Å². The maximum Gasteiger partial charge on any atom is 0.326 e. The summed E-state index contributed by atoms with van der Waals surface area (Å²) in [6.45, 7) is 3.18. The Kier molecular flexibility index (Phi) is 4.06. The van der Waals surface area contributed by atoms with Crippen LogP contribution in [0.4, 0.5) is 4.79 Å². The van der Waals surface area contributed by atoms with Gasteiger partial charge in [0, 0.05) is 19.2 Å². The second-order valence-corrected chi connectivity index (χ2v) is 4.88. The lowest BCUT2D eigenvalue weighted by atomic mass is 9.89. The predicted octanol–water partition coefficient (Wildman–Crippen LogP) is 0.812. The van der Waals surface area contributed by atoms with Crippen LogP contribution < -0.4 is 5.32 Å². The average molecular weight is 256 g/mol. The van der Waals surface area contributed by atoms with E-state index in [0.717, 1.165) is 19.3 Å². The summed E-state index contributed by atoms with van der Waals surface area (Å²) < 4.78 is 5.42. The summed E-state index contributed by atoms with van der Waals surface area (Å²) in [6, 6.07) is -0.781. The number of urea groups is 1. The number of nitrogens with zero attached hydrogens (tertiary/aromatic N) is 1. The highest BCUT2D eigenvalue weighted by Crippen LogP contribution is 2.24. The molecule has 2 amide bonds. The molecule has 102 valence electrons. The molecule has 6 nitrogen and oxygen atoms in total. The molecule has 0 aromatic carbocycles. The lowest BCUT2D eigenvalue weighted by Crippen LogP contribution is -2.54. The fraction of sp³-hybridized carbons (Fsp3) is 0.833. The largest absolute Gasteiger partial charge is 0.480 e. The van der Waals surface area contributed by atoms with Crippen LogP contribution >= 0.6 is 0 Å². The lowest BCUT2D eigenvalue weighted by Gasteiger charge is -2.36. The van der Waals surface area contributed by atoms with Gasteiger partial charge >= 0.3 is 12.0 Å². The standard InChI is InChI=1S/C12H20N2O4/c1-2-18-9-6-8(7-9)13-12(17)14-5-3-4-10(14)11(15)16/h8-10H,2-7H2,1H3,(H,13,17)(H,15,16)/t8?,9?,10-/m0/s1. The summed E-state index contributed by atoms with van der Waals surface area (Å²) in [5.41, 5.74) is 0. The van der Waals surface area contributed by atoms with Crippen molar-refractivity contribution in [2.45, 2.75) is 50.8 Å². The van der Waals surface area contributed by atoms with Crippen LogP contribution in [0.5, 0.6) is 0 Å². The average Bonchev–Trinajstić information content (AvgIpc) is 2.75. The van der Waals surface area contributed by atoms with Gasteiger partial charge in [-0.2, -0.15) is 0 Å². The number of amides is 2. The number of carboxylic acids is 1. The molecular weight excluding hydrogens is 236 g/mol. The molecule has 2 rings (SSSR count). The normalized spacial score (nSPS) is 30.9. The molecular formula is C12H20N2O4. The van der Waals surface area contributed by atoms with Crippen molar-refractivity contribution >= 4 is 12.0 Å². The molecule has 0 aromatic heterocycles. The van der Waals surface area contributed by atoms with Gasteiger partial charge in [0.2, 0.25) is 0 Å². The van der Waals surface area contributed by atoms with Gasteiger partial charge in [0.05, 0.1) is 6.10 Å². The van der Waals surface area contributed by atoms with Crippen molar-refractivity contribution in [3.8, 4) is 0 Å². The molecule has 1 atom stereocenters. The molecule has 0 unspecified atom stereocenters. The first-order chi connectivity index (χ1) is 8.61. The van der Waals surface area contributed by atoms with E-state index in [1.54, 1.807) is 0 Å². The Bertz CT molecular complexity index is 328. The highest BCUT2D eigenvalue weighted by Gasteiger charge is 2.37. The van der Waals surface area contributed by atoms with E-state index in [1.807, 2.05) is 6.92 Å². The van der Waals surface area contributed by atoms with Crippen molar-refractivity contribution < 1.29 is 19.4 Å². The number of aliphatic carboxylic acids is 1. The Labute approximate surface area is 106 Å². The first-order valence-electron chi connectivity index (χ1n) is 6.53. The van der Waals surface area contributed by atoms with E-state index in [0.29, 0.717) is 19.6 Å². The number of ether oxygens (including phenoxy) is 1. The molecule has 1 saturated carbocycles. The van der Waals surface area contributed by atoms with Crippen LogP contribution in [0.25, 0.3) is 0 Å². The topological polar surface area (TPSA) is 78.9 Å². The quantitative estimate of drug-likeness (QED) is 0.780. The van der Waals surface area contributed by atoms with Gasteiger partial charge in [0.15, 0.2) is 0 Å². The smallest absolute Gasteiger partial charge is 0.326 e. The Morgan fingerprint density at radius 3 is 2.78 bits per heavy atom. The van der Waals surface area contributed by atoms with Crippen molar-refractivity contribution in [3.63, 3.8) is 0 Å². The minimum absolute atomic E-state index is 0.129. The number of nitrogens with one attached hydrogen (secondary N) is 1. The summed E-state index contributed by atoms with van der Waals surface area (Å²) >= 11 is 0. The number of carboxylic acid groups (broad SMARTS) is 1. The number of hydrogen-bond donors (Lipinski definition) is 2. The molecule has 1 saturated heterocycles. The van der Waals surface area contributed by atoms with Crippen LogP contribution in [-0.2, 0) is 9.53 Å². The summed E-state index contributed by atoms with van der Waals surface area (Å²) in [5.74, 6) is -0.913. The molecule has 1 aliphatic heterocycles. The first kappa shape index (κ1) is 13.1. The first-order valence-corrected chi connectivity index (χ1v) is 6.53. The van der Waals surface area contributed by atoms with Crippen LogP contribution in [0.15, 0.2) is 0 Å². The number of rotatable bonds is 4. The Morgan fingerprint density at radius 1 is 1.44 bits per heavy atom. The zero-order valence-corrected chi connectivity index (χ0v) is 10.6. The van der Waals surface area contributed by atoms with Crippen molar-refractivity contribution in [2.75, 3.05) is 13.2 Å². The van der Waals surface area contributed by atoms with Crippen LogP contribution in [0, 0.1) is 0 Å². The Hall–Kier alpha value is -1.30.